The average Bonchev–Trinajstić information content (AvgIpc) is 2.78. The highest BCUT2D eigenvalue weighted by molar-refractivity contribution is 7.89. The van der Waals surface area contributed by atoms with Crippen molar-refractivity contribution in [2.24, 2.45) is 0 Å². The number of amides is 1. The molecule has 1 saturated heterocycles. The highest BCUT2D eigenvalue weighted by Gasteiger charge is 2.25. The molecule has 9 heteroatoms. The van der Waals surface area contributed by atoms with Crippen LogP contribution in [-0.4, -0.2) is 75.9 Å². The molecule has 0 unspecified atom stereocenters. The number of esters is 1. The lowest BCUT2D eigenvalue weighted by Crippen LogP contribution is -2.50. The van der Waals surface area contributed by atoms with Crippen molar-refractivity contribution in [3.63, 3.8) is 0 Å². The Bertz CT molecular complexity index is 1000. The van der Waals surface area contributed by atoms with Crippen LogP contribution < -0.4 is 4.90 Å². The molecule has 1 aliphatic heterocycles. The predicted octanol–water partition coefficient (Wildman–Crippen LogP) is 1.51. The zero-order valence-electron chi connectivity index (χ0n) is 17.7. The third kappa shape index (κ3) is 5.83. The van der Waals surface area contributed by atoms with E-state index in [9.17, 15) is 18.0 Å². The summed E-state index contributed by atoms with van der Waals surface area (Å²) in [6, 6.07) is 16.3. The molecule has 1 aliphatic rings. The highest BCUT2D eigenvalue weighted by Crippen LogP contribution is 2.16. The molecule has 0 N–H and O–H groups in total. The average molecular weight is 446 g/mol. The molecule has 1 fully saturated rings. The van der Waals surface area contributed by atoms with Crippen LogP contribution in [0.5, 0.6) is 0 Å². The van der Waals surface area contributed by atoms with Crippen LogP contribution in [0.3, 0.4) is 0 Å². The Hall–Kier alpha value is -2.91. The summed E-state index contributed by atoms with van der Waals surface area (Å²) < 4.78 is 31.1. The van der Waals surface area contributed by atoms with E-state index in [0.29, 0.717) is 26.2 Å². The lowest BCUT2D eigenvalue weighted by atomic mass is 10.2. The molecule has 0 spiro atoms. The van der Waals surface area contributed by atoms with Gasteiger partial charge in [0.25, 0.3) is 5.91 Å². The second-order valence-corrected chi connectivity index (χ2v) is 9.48. The van der Waals surface area contributed by atoms with Crippen molar-refractivity contribution >= 4 is 27.6 Å². The van der Waals surface area contributed by atoms with E-state index in [0.717, 1.165) is 15.6 Å². The first-order chi connectivity index (χ1) is 14.8. The van der Waals surface area contributed by atoms with Crippen LogP contribution in [-0.2, 0) is 24.3 Å². The summed E-state index contributed by atoms with van der Waals surface area (Å²) in [7, 11) is -2.50. The van der Waals surface area contributed by atoms with Crippen LogP contribution in [0.4, 0.5) is 5.69 Å². The Labute approximate surface area is 183 Å². The van der Waals surface area contributed by atoms with Crippen molar-refractivity contribution in [1.82, 2.24) is 9.21 Å². The van der Waals surface area contributed by atoms with Crippen molar-refractivity contribution in [3.05, 3.63) is 60.2 Å². The molecule has 1 amide bonds. The molecule has 0 aliphatic carbocycles. The molecule has 2 aromatic carbocycles. The number of para-hydroxylation sites is 1. The number of sulfonamides is 1. The maximum atomic E-state index is 12.6. The van der Waals surface area contributed by atoms with E-state index < -0.39 is 29.1 Å². The molecular formula is C22H27N3O5S. The number of ether oxygens (including phenoxy) is 1. The van der Waals surface area contributed by atoms with E-state index in [-0.39, 0.29) is 10.8 Å². The molecule has 8 nitrogen and oxygen atoms in total. The van der Waals surface area contributed by atoms with Crippen LogP contribution in [0.1, 0.15) is 5.56 Å². The van der Waals surface area contributed by atoms with E-state index in [2.05, 4.69) is 4.90 Å². The number of hydrogen-bond donors (Lipinski definition) is 0. The van der Waals surface area contributed by atoms with Gasteiger partial charge in [-0.15, -0.1) is 0 Å². The topological polar surface area (TPSA) is 87.2 Å². The van der Waals surface area contributed by atoms with Gasteiger partial charge >= 0.3 is 5.97 Å². The molecule has 0 atom stereocenters. The molecular weight excluding hydrogens is 418 g/mol. The second-order valence-electron chi connectivity index (χ2n) is 7.44. The van der Waals surface area contributed by atoms with Gasteiger partial charge in [-0.05, 0) is 31.2 Å². The van der Waals surface area contributed by atoms with Gasteiger partial charge in [0, 0.05) is 38.9 Å². The van der Waals surface area contributed by atoms with Gasteiger partial charge in [-0.2, -0.15) is 4.31 Å². The minimum atomic E-state index is -3.81. The lowest BCUT2D eigenvalue weighted by molar-refractivity contribution is -0.152. The molecule has 2 aromatic rings. The van der Waals surface area contributed by atoms with Crippen molar-refractivity contribution in [1.29, 1.82) is 0 Å². The van der Waals surface area contributed by atoms with E-state index in [1.54, 1.807) is 17.0 Å². The molecule has 0 radical (unpaired) electrons. The largest absolute Gasteiger partial charge is 0.455 e. The first-order valence-corrected chi connectivity index (χ1v) is 11.5. The van der Waals surface area contributed by atoms with E-state index in [1.165, 1.54) is 19.2 Å². The summed E-state index contributed by atoms with van der Waals surface area (Å²) in [5.41, 5.74) is 2.04. The number of anilines is 1. The maximum Gasteiger partial charge on any atom is 0.321 e. The Balaban J connectivity index is 1.45. The Morgan fingerprint density at radius 2 is 1.58 bits per heavy atom. The SMILES string of the molecule is Cc1ccc(S(=O)(=O)N(C)CC(=O)OCC(=O)N2CCN(c3ccccc3)CC2)cc1. The monoisotopic (exact) mass is 445 g/mol. The number of rotatable bonds is 7. The zero-order chi connectivity index (χ0) is 22.4. The number of likely N-dealkylation sites (N-methyl/N-ethyl adjacent to an activating group) is 1. The van der Waals surface area contributed by atoms with Gasteiger partial charge in [0.1, 0.15) is 6.54 Å². The summed E-state index contributed by atoms with van der Waals surface area (Å²) in [6.45, 7) is 3.45. The van der Waals surface area contributed by atoms with Crippen molar-refractivity contribution in [2.75, 3.05) is 51.3 Å². The molecule has 1 heterocycles. The summed E-state index contributed by atoms with van der Waals surface area (Å²) in [5, 5.41) is 0. The number of aryl methyl sites for hydroxylation is 1. The number of nitrogens with zero attached hydrogens (tertiary/aromatic N) is 3. The molecule has 3 rings (SSSR count). The van der Waals surface area contributed by atoms with Crippen LogP contribution in [0.2, 0.25) is 0 Å². The summed E-state index contributed by atoms with van der Waals surface area (Å²) in [6.07, 6.45) is 0. The normalized spacial score (nSPS) is 14.5. The van der Waals surface area contributed by atoms with Crippen LogP contribution in [0, 0.1) is 6.92 Å². The minimum absolute atomic E-state index is 0.0979. The molecule has 0 saturated carbocycles. The molecule has 166 valence electrons. The third-order valence-electron chi connectivity index (χ3n) is 5.19. The number of benzene rings is 2. The van der Waals surface area contributed by atoms with Gasteiger partial charge in [0.15, 0.2) is 6.61 Å². The third-order valence-corrected chi connectivity index (χ3v) is 7.01. The first kappa shape index (κ1) is 22.8. The van der Waals surface area contributed by atoms with E-state index >= 15 is 0 Å². The highest BCUT2D eigenvalue weighted by atomic mass is 32.2. The van der Waals surface area contributed by atoms with Gasteiger partial charge in [-0.25, -0.2) is 8.42 Å². The fourth-order valence-corrected chi connectivity index (χ4v) is 4.40. The smallest absolute Gasteiger partial charge is 0.321 e. The molecule has 0 aromatic heterocycles. The van der Waals surface area contributed by atoms with Crippen LogP contribution in [0.25, 0.3) is 0 Å². The van der Waals surface area contributed by atoms with Crippen LogP contribution >= 0.6 is 0 Å². The Kier molecular flexibility index (Phi) is 7.29. The lowest BCUT2D eigenvalue weighted by Gasteiger charge is -2.36. The zero-order valence-corrected chi connectivity index (χ0v) is 18.5. The quantitative estimate of drug-likeness (QED) is 0.601. The number of carbonyl (C=O) groups is 2. The summed E-state index contributed by atoms with van der Waals surface area (Å²) >= 11 is 0. The maximum absolute atomic E-state index is 12.6. The summed E-state index contributed by atoms with van der Waals surface area (Å²) in [5.74, 6) is -1.06. The summed E-state index contributed by atoms with van der Waals surface area (Å²) in [4.78, 5) is 28.4. The second kappa shape index (κ2) is 9.93. The van der Waals surface area contributed by atoms with Crippen molar-refractivity contribution in [2.45, 2.75) is 11.8 Å². The number of carbonyl (C=O) groups excluding carboxylic acids is 2. The number of hydrogen-bond acceptors (Lipinski definition) is 6. The van der Waals surface area contributed by atoms with Gasteiger partial charge in [0.2, 0.25) is 10.0 Å². The van der Waals surface area contributed by atoms with Crippen molar-refractivity contribution in [3.8, 4) is 0 Å². The fraction of sp³-hybridized carbons (Fsp3) is 0.364. The first-order valence-electron chi connectivity index (χ1n) is 10.0. The standard InChI is InChI=1S/C22H27N3O5S/c1-18-8-10-20(11-9-18)31(28,29)23(2)16-22(27)30-17-21(26)25-14-12-24(13-15-25)19-6-4-3-5-7-19/h3-11H,12-17H2,1-2H3. The van der Waals surface area contributed by atoms with Gasteiger partial charge in [-0.3, -0.25) is 9.59 Å². The van der Waals surface area contributed by atoms with Gasteiger partial charge in [0.05, 0.1) is 4.90 Å². The van der Waals surface area contributed by atoms with E-state index in [1.807, 2.05) is 37.3 Å². The Morgan fingerprint density at radius 3 is 2.19 bits per heavy atom. The predicted molar refractivity (Wildman–Crippen MR) is 117 cm³/mol. The number of piperazine rings is 1. The molecule has 31 heavy (non-hydrogen) atoms. The van der Waals surface area contributed by atoms with Crippen molar-refractivity contribution < 1.29 is 22.7 Å². The van der Waals surface area contributed by atoms with Crippen LogP contribution in [0.15, 0.2) is 59.5 Å². The van der Waals surface area contributed by atoms with Gasteiger partial charge in [-0.1, -0.05) is 35.9 Å². The van der Waals surface area contributed by atoms with Gasteiger partial charge < -0.3 is 14.5 Å². The Morgan fingerprint density at radius 1 is 0.968 bits per heavy atom. The fourth-order valence-electron chi connectivity index (χ4n) is 3.29. The minimum Gasteiger partial charge on any atom is -0.455 e. The molecule has 0 bridgehead atoms. The van der Waals surface area contributed by atoms with E-state index in [4.69, 9.17) is 4.74 Å².